The fourth-order valence-electron chi connectivity index (χ4n) is 3.07. The Labute approximate surface area is 169 Å². The number of alkyl halides is 3. The number of carbonyl (C=O) groups is 1. The third-order valence-electron chi connectivity index (χ3n) is 4.46. The fourth-order valence-corrected chi connectivity index (χ4v) is 3.65. The lowest BCUT2D eigenvalue weighted by Gasteiger charge is -2.13. The second kappa shape index (κ2) is 7.99. The van der Waals surface area contributed by atoms with Crippen molar-refractivity contribution in [3.05, 3.63) is 65.7 Å². The number of rotatable bonds is 4. The average molecular weight is 419 g/mol. The van der Waals surface area contributed by atoms with Crippen LogP contribution in [0.15, 0.2) is 59.5 Å². The van der Waals surface area contributed by atoms with E-state index >= 15 is 0 Å². The monoisotopic (exact) mass is 419 g/mol. The Morgan fingerprint density at radius 2 is 1.66 bits per heavy atom. The van der Waals surface area contributed by atoms with Crippen LogP contribution < -0.4 is 5.32 Å². The van der Waals surface area contributed by atoms with Crippen molar-refractivity contribution in [2.75, 3.05) is 6.26 Å². The second-order valence-electron chi connectivity index (χ2n) is 7.06. The van der Waals surface area contributed by atoms with E-state index in [4.69, 9.17) is 0 Å². The largest absolute Gasteiger partial charge is 0.416 e. The SMILES string of the molecule is CC(C)NC(=O)c1ccc2c(-c3ccc(C(F)(F)F)cc3)cc(S(C)=O)cc2c1. The lowest BCUT2D eigenvalue weighted by atomic mass is 9.96. The van der Waals surface area contributed by atoms with Gasteiger partial charge in [0.05, 0.1) is 5.56 Å². The van der Waals surface area contributed by atoms with Gasteiger partial charge in [-0.15, -0.1) is 0 Å². The Morgan fingerprint density at radius 3 is 2.21 bits per heavy atom. The quantitative estimate of drug-likeness (QED) is 0.615. The topological polar surface area (TPSA) is 46.2 Å². The van der Waals surface area contributed by atoms with E-state index < -0.39 is 22.5 Å². The van der Waals surface area contributed by atoms with Gasteiger partial charge in [0.1, 0.15) is 0 Å². The standard InChI is InChI=1S/C22H20F3NO2S/c1-13(2)26-21(27)15-6-9-19-16(10-15)11-18(29(3)28)12-20(19)14-4-7-17(8-5-14)22(23,24)25/h4-13H,1-3H3,(H,26,27). The average Bonchev–Trinajstić information content (AvgIpc) is 2.65. The maximum atomic E-state index is 12.9. The minimum Gasteiger partial charge on any atom is -0.350 e. The first-order valence-electron chi connectivity index (χ1n) is 8.96. The normalized spacial score (nSPS) is 12.9. The van der Waals surface area contributed by atoms with E-state index in [0.29, 0.717) is 27.0 Å². The number of hydrogen-bond acceptors (Lipinski definition) is 2. The maximum Gasteiger partial charge on any atom is 0.416 e. The predicted octanol–water partition coefficient (Wildman–Crippen LogP) is 5.40. The van der Waals surface area contributed by atoms with Gasteiger partial charge in [0, 0.05) is 33.6 Å². The summed E-state index contributed by atoms with van der Waals surface area (Å²) in [6, 6.07) is 13.4. The minimum atomic E-state index is -4.41. The van der Waals surface area contributed by atoms with Gasteiger partial charge in [0.15, 0.2) is 0 Å². The molecule has 3 aromatic carbocycles. The van der Waals surface area contributed by atoms with Crippen LogP contribution in [0.4, 0.5) is 13.2 Å². The molecule has 0 heterocycles. The van der Waals surface area contributed by atoms with Crippen LogP contribution in [-0.2, 0) is 17.0 Å². The van der Waals surface area contributed by atoms with Crippen molar-refractivity contribution in [3.63, 3.8) is 0 Å². The Morgan fingerprint density at radius 1 is 1.00 bits per heavy atom. The van der Waals surface area contributed by atoms with Gasteiger partial charge in [-0.1, -0.05) is 18.2 Å². The number of fused-ring (bicyclic) bond motifs is 1. The van der Waals surface area contributed by atoms with E-state index in [1.165, 1.54) is 18.4 Å². The van der Waals surface area contributed by atoms with E-state index in [9.17, 15) is 22.2 Å². The summed E-state index contributed by atoms with van der Waals surface area (Å²) >= 11 is 0. The summed E-state index contributed by atoms with van der Waals surface area (Å²) in [7, 11) is -1.29. The molecule has 0 aromatic heterocycles. The van der Waals surface area contributed by atoms with Gasteiger partial charge in [-0.2, -0.15) is 13.2 Å². The Kier molecular flexibility index (Phi) is 5.80. The van der Waals surface area contributed by atoms with Crippen LogP contribution in [0.2, 0.25) is 0 Å². The molecule has 0 saturated carbocycles. The summed E-state index contributed by atoms with van der Waals surface area (Å²) in [6.45, 7) is 3.72. The van der Waals surface area contributed by atoms with Crippen LogP contribution in [0.1, 0.15) is 29.8 Å². The molecule has 1 N–H and O–H groups in total. The number of hydrogen-bond donors (Lipinski definition) is 1. The molecular formula is C22H20F3NO2S. The fraction of sp³-hybridized carbons (Fsp3) is 0.227. The van der Waals surface area contributed by atoms with Gasteiger partial charge in [-0.25, -0.2) is 0 Å². The lowest BCUT2D eigenvalue weighted by Crippen LogP contribution is -2.29. The molecule has 0 fully saturated rings. The lowest BCUT2D eigenvalue weighted by molar-refractivity contribution is -0.137. The van der Waals surface area contributed by atoms with Crippen molar-refractivity contribution in [1.82, 2.24) is 5.32 Å². The highest BCUT2D eigenvalue weighted by Crippen LogP contribution is 2.35. The zero-order chi connectivity index (χ0) is 21.3. The second-order valence-corrected chi connectivity index (χ2v) is 8.44. The van der Waals surface area contributed by atoms with Crippen molar-refractivity contribution in [2.45, 2.75) is 31.0 Å². The molecule has 29 heavy (non-hydrogen) atoms. The molecule has 1 amide bonds. The number of benzene rings is 3. The highest BCUT2D eigenvalue weighted by Gasteiger charge is 2.30. The summed E-state index contributed by atoms with van der Waals surface area (Å²) in [5.74, 6) is -0.221. The van der Waals surface area contributed by atoms with Crippen molar-refractivity contribution in [3.8, 4) is 11.1 Å². The van der Waals surface area contributed by atoms with E-state index in [1.807, 2.05) is 13.8 Å². The zero-order valence-corrected chi connectivity index (χ0v) is 16.9. The third-order valence-corrected chi connectivity index (χ3v) is 5.36. The van der Waals surface area contributed by atoms with Gasteiger partial charge < -0.3 is 5.32 Å². The van der Waals surface area contributed by atoms with Crippen molar-refractivity contribution in [2.24, 2.45) is 0 Å². The molecule has 3 aromatic rings. The van der Waals surface area contributed by atoms with E-state index in [0.717, 1.165) is 17.5 Å². The van der Waals surface area contributed by atoms with Crippen LogP contribution in [0.3, 0.4) is 0 Å². The molecule has 0 aliphatic rings. The minimum absolute atomic E-state index is 0.0182. The molecule has 0 bridgehead atoms. The molecule has 0 radical (unpaired) electrons. The van der Waals surface area contributed by atoms with Gasteiger partial charge in [-0.3, -0.25) is 9.00 Å². The summed E-state index contributed by atoms with van der Waals surface area (Å²) in [6.07, 6.45) is -2.88. The van der Waals surface area contributed by atoms with Crippen LogP contribution in [0.25, 0.3) is 21.9 Å². The first kappa shape index (κ1) is 21.0. The molecular weight excluding hydrogens is 399 g/mol. The van der Waals surface area contributed by atoms with Gasteiger partial charge in [0.2, 0.25) is 0 Å². The number of carbonyl (C=O) groups excluding carboxylic acids is 1. The molecule has 1 unspecified atom stereocenters. The number of nitrogens with one attached hydrogen (secondary N) is 1. The summed E-state index contributed by atoms with van der Waals surface area (Å²) in [4.78, 5) is 12.9. The Balaban J connectivity index is 2.15. The molecule has 7 heteroatoms. The first-order chi connectivity index (χ1) is 13.6. The molecule has 3 nitrogen and oxygen atoms in total. The Bertz CT molecular complexity index is 1090. The number of amides is 1. The van der Waals surface area contributed by atoms with Gasteiger partial charge in [-0.05, 0) is 72.1 Å². The third kappa shape index (κ3) is 4.67. The Hall–Kier alpha value is -2.67. The maximum absolute atomic E-state index is 12.9. The van der Waals surface area contributed by atoms with Crippen molar-refractivity contribution in [1.29, 1.82) is 0 Å². The summed E-state index contributed by atoms with van der Waals surface area (Å²) < 4.78 is 50.7. The smallest absolute Gasteiger partial charge is 0.350 e. The van der Waals surface area contributed by atoms with Crippen molar-refractivity contribution < 1.29 is 22.2 Å². The molecule has 152 valence electrons. The van der Waals surface area contributed by atoms with E-state index in [-0.39, 0.29) is 11.9 Å². The zero-order valence-electron chi connectivity index (χ0n) is 16.1. The highest BCUT2D eigenvalue weighted by atomic mass is 32.2. The predicted molar refractivity (Wildman–Crippen MR) is 109 cm³/mol. The molecule has 0 aliphatic heterocycles. The molecule has 0 aliphatic carbocycles. The van der Waals surface area contributed by atoms with E-state index in [1.54, 1.807) is 30.3 Å². The summed E-state index contributed by atoms with van der Waals surface area (Å²) in [5, 5.41) is 4.28. The molecule has 1 atom stereocenters. The molecule has 3 rings (SSSR count). The van der Waals surface area contributed by atoms with Gasteiger partial charge in [0.25, 0.3) is 5.91 Å². The van der Waals surface area contributed by atoms with Crippen LogP contribution in [0, 0.1) is 0 Å². The van der Waals surface area contributed by atoms with Crippen molar-refractivity contribution >= 4 is 27.5 Å². The van der Waals surface area contributed by atoms with E-state index in [2.05, 4.69) is 5.32 Å². The van der Waals surface area contributed by atoms with Crippen LogP contribution in [0.5, 0.6) is 0 Å². The first-order valence-corrected chi connectivity index (χ1v) is 10.5. The molecule has 0 spiro atoms. The van der Waals surface area contributed by atoms with Crippen LogP contribution >= 0.6 is 0 Å². The number of halogens is 3. The van der Waals surface area contributed by atoms with Gasteiger partial charge >= 0.3 is 6.18 Å². The molecule has 0 saturated heterocycles. The highest BCUT2D eigenvalue weighted by molar-refractivity contribution is 7.84. The summed E-state index contributed by atoms with van der Waals surface area (Å²) in [5.41, 5.74) is 0.976. The van der Waals surface area contributed by atoms with Crippen LogP contribution in [-0.4, -0.2) is 22.4 Å².